The first kappa shape index (κ1) is 13.8. The van der Waals surface area contributed by atoms with E-state index >= 15 is 0 Å². The molecule has 0 spiro atoms. The Morgan fingerprint density at radius 1 is 1.65 bits per heavy atom. The molecule has 0 saturated carbocycles. The van der Waals surface area contributed by atoms with Crippen molar-refractivity contribution in [3.8, 4) is 0 Å². The molecular weight excluding hydrogens is 320 g/mol. The molecule has 1 aromatic rings. The Bertz CT molecular complexity index is 363. The van der Waals surface area contributed by atoms with Crippen molar-refractivity contribution in [2.75, 3.05) is 13.6 Å². The normalized spacial score (nSPS) is 26.4. The minimum atomic E-state index is 0.640. The van der Waals surface area contributed by atoms with E-state index in [4.69, 9.17) is 11.6 Å². The molecule has 2 unspecified atom stereocenters. The summed E-state index contributed by atoms with van der Waals surface area (Å²) in [6.07, 6.45) is 2.47. The highest BCUT2D eigenvalue weighted by atomic mass is 79.9. The number of piperidine rings is 1. The first-order chi connectivity index (χ1) is 8.06. The van der Waals surface area contributed by atoms with Crippen LogP contribution in [0.4, 0.5) is 0 Å². The van der Waals surface area contributed by atoms with Gasteiger partial charge in [-0.15, -0.1) is 11.3 Å². The van der Waals surface area contributed by atoms with Crippen molar-refractivity contribution >= 4 is 38.9 Å². The van der Waals surface area contributed by atoms with E-state index < -0.39 is 0 Å². The molecule has 2 nitrogen and oxygen atoms in total. The van der Waals surface area contributed by atoms with Crippen LogP contribution in [0.2, 0.25) is 4.34 Å². The zero-order valence-electron chi connectivity index (χ0n) is 10.2. The predicted molar refractivity (Wildman–Crippen MR) is 79.0 cm³/mol. The van der Waals surface area contributed by atoms with Gasteiger partial charge in [-0.25, -0.2) is 0 Å². The molecule has 5 heteroatoms. The second kappa shape index (κ2) is 6.02. The van der Waals surface area contributed by atoms with Gasteiger partial charge in [0.05, 0.1) is 0 Å². The van der Waals surface area contributed by atoms with Crippen molar-refractivity contribution in [3.63, 3.8) is 0 Å². The van der Waals surface area contributed by atoms with Crippen LogP contribution in [-0.2, 0) is 6.54 Å². The molecule has 1 aromatic heterocycles. The van der Waals surface area contributed by atoms with Gasteiger partial charge in [-0.05, 0) is 55.4 Å². The molecule has 1 N–H and O–H groups in total. The maximum atomic E-state index is 6.03. The number of nitrogens with one attached hydrogen (secondary N) is 1. The Balaban J connectivity index is 1.82. The van der Waals surface area contributed by atoms with E-state index in [0.717, 1.165) is 15.4 Å². The quantitative estimate of drug-likeness (QED) is 0.904. The van der Waals surface area contributed by atoms with E-state index in [9.17, 15) is 0 Å². The molecule has 2 atom stereocenters. The molecule has 0 bridgehead atoms. The molecule has 96 valence electrons. The largest absolute Gasteiger partial charge is 0.309 e. The van der Waals surface area contributed by atoms with E-state index in [-0.39, 0.29) is 0 Å². The van der Waals surface area contributed by atoms with Gasteiger partial charge in [0.25, 0.3) is 0 Å². The van der Waals surface area contributed by atoms with Crippen molar-refractivity contribution in [2.45, 2.75) is 38.4 Å². The first-order valence-electron chi connectivity index (χ1n) is 5.93. The Hall–Kier alpha value is 0.390. The maximum Gasteiger partial charge on any atom is 0.107 e. The van der Waals surface area contributed by atoms with Crippen LogP contribution in [0.3, 0.4) is 0 Å². The van der Waals surface area contributed by atoms with Crippen molar-refractivity contribution in [1.29, 1.82) is 0 Å². The second-order valence-electron chi connectivity index (χ2n) is 4.77. The van der Waals surface area contributed by atoms with Crippen molar-refractivity contribution < 1.29 is 0 Å². The molecule has 0 radical (unpaired) electrons. The van der Waals surface area contributed by atoms with Crippen LogP contribution >= 0.6 is 38.9 Å². The average molecular weight is 338 g/mol. The second-order valence-corrected chi connectivity index (χ2v) is 7.36. The molecule has 2 heterocycles. The highest BCUT2D eigenvalue weighted by Gasteiger charge is 2.22. The van der Waals surface area contributed by atoms with E-state index in [1.54, 1.807) is 11.3 Å². The van der Waals surface area contributed by atoms with E-state index in [1.807, 2.05) is 0 Å². The van der Waals surface area contributed by atoms with Crippen LogP contribution in [0, 0.1) is 0 Å². The van der Waals surface area contributed by atoms with Gasteiger partial charge < -0.3 is 10.2 Å². The minimum absolute atomic E-state index is 0.640. The summed E-state index contributed by atoms with van der Waals surface area (Å²) in [6.45, 7) is 4.41. The van der Waals surface area contributed by atoms with Crippen molar-refractivity contribution in [1.82, 2.24) is 10.2 Å². The minimum Gasteiger partial charge on any atom is -0.309 e. The zero-order valence-corrected chi connectivity index (χ0v) is 13.3. The lowest BCUT2D eigenvalue weighted by molar-refractivity contribution is 0.168. The third-order valence-electron chi connectivity index (χ3n) is 3.47. The first-order valence-corrected chi connectivity index (χ1v) is 7.92. The fourth-order valence-corrected chi connectivity index (χ4v) is 3.94. The van der Waals surface area contributed by atoms with Crippen LogP contribution in [0.1, 0.15) is 24.6 Å². The Morgan fingerprint density at radius 3 is 3.00 bits per heavy atom. The number of nitrogens with zero attached hydrogens (tertiary/aromatic N) is 1. The smallest absolute Gasteiger partial charge is 0.107 e. The summed E-state index contributed by atoms with van der Waals surface area (Å²) in [6, 6.07) is 3.43. The SMILES string of the molecule is CC1CC(NCc2cc(Br)c(Cl)s2)CCN1C. The summed E-state index contributed by atoms with van der Waals surface area (Å²) >= 11 is 11.1. The molecular formula is C12H18BrClN2S. The third kappa shape index (κ3) is 3.67. The lowest BCUT2D eigenvalue weighted by Gasteiger charge is -2.35. The van der Waals surface area contributed by atoms with Gasteiger partial charge in [0.1, 0.15) is 4.34 Å². The maximum absolute atomic E-state index is 6.03. The Labute approximate surface area is 120 Å². The van der Waals surface area contributed by atoms with E-state index in [0.29, 0.717) is 12.1 Å². The van der Waals surface area contributed by atoms with Gasteiger partial charge in [-0.1, -0.05) is 11.6 Å². The lowest BCUT2D eigenvalue weighted by atomic mass is 9.99. The fourth-order valence-electron chi connectivity index (χ4n) is 2.20. The van der Waals surface area contributed by atoms with Crippen molar-refractivity contribution in [3.05, 3.63) is 19.8 Å². The van der Waals surface area contributed by atoms with E-state index in [1.165, 1.54) is 24.3 Å². The Kier molecular flexibility index (Phi) is 4.89. The van der Waals surface area contributed by atoms with E-state index in [2.05, 4.69) is 46.2 Å². The van der Waals surface area contributed by atoms with Gasteiger partial charge in [-0.3, -0.25) is 0 Å². The van der Waals surface area contributed by atoms with Gasteiger partial charge in [-0.2, -0.15) is 0 Å². The van der Waals surface area contributed by atoms with Crippen LogP contribution < -0.4 is 5.32 Å². The van der Waals surface area contributed by atoms with Crippen LogP contribution in [-0.4, -0.2) is 30.6 Å². The summed E-state index contributed by atoms with van der Waals surface area (Å²) in [7, 11) is 2.21. The summed E-state index contributed by atoms with van der Waals surface area (Å²) in [5.74, 6) is 0. The summed E-state index contributed by atoms with van der Waals surface area (Å²) in [4.78, 5) is 3.73. The van der Waals surface area contributed by atoms with Crippen LogP contribution in [0.15, 0.2) is 10.5 Å². The molecule has 2 rings (SSSR count). The number of likely N-dealkylation sites (tertiary alicyclic amines) is 1. The number of thiophene rings is 1. The van der Waals surface area contributed by atoms with Crippen molar-refractivity contribution in [2.24, 2.45) is 0 Å². The zero-order chi connectivity index (χ0) is 12.4. The standard InChI is InChI=1S/C12H18BrClN2S/c1-8-5-9(3-4-16(8)2)15-7-10-6-11(13)12(14)17-10/h6,8-9,15H,3-5,7H2,1-2H3. The predicted octanol–water partition coefficient (Wildman–Crippen LogP) is 3.74. The number of hydrogen-bond acceptors (Lipinski definition) is 3. The van der Waals surface area contributed by atoms with Gasteiger partial charge in [0.2, 0.25) is 0 Å². The highest BCUT2D eigenvalue weighted by Crippen LogP contribution is 2.32. The monoisotopic (exact) mass is 336 g/mol. The summed E-state index contributed by atoms with van der Waals surface area (Å²) in [5.41, 5.74) is 0. The van der Waals surface area contributed by atoms with Gasteiger partial charge >= 0.3 is 0 Å². The fraction of sp³-hybridized carbons (Fsp3) is 0.667. The molecule has 1 aliphatic heterocycles. The molecule has 1 saturated heterocycles. The van der Waals surface area contributed by atoms with Gasteiger partial charge in [0.15, 0.2) is 0 Å². The Morgan fingerprint density at radius 2 is 2.41 bits per heavy atom. The molecule has 1 aliphatic rings. The van der Waals surface area contributed by atoms with Gasteiger partial charge in [0, 0.05) is 28.0 Å². The number of rotatable bonds is 3. The average Bonchev–Trinajstić information content (AvgIpc) is 2.60. The summed E-state index contributed by atoms with van der Waals surface area (Å²) in [5, 5.41) is 3.63. The number of halogens is 2. The molecule has 17 heavy (non-hydrogen) atoms. The third-order valence-corrected chi connectivity index (χ3v) is 5.94. The molecule has 0 amide bonds. The lowest BCUT2D eigenvalue weighted by Crippen LogP contribution is -2.45. The molecule has 0 aliphatic carbocycles. The van der Waals surface area contributed by atoms with Crippen LogP contribution in [0.25, 0.3) is 0 Å². The topological polar surface area (TPSA) is 15.3 Å². The summed E-state index contributed by atoms with van der Waals surface area (Å²) < 4.78 is 1.86. The molecule has 0 aromatic carbocycles. The van der Waals surface area contributed by atoms with Crippen LogP contribution in [0.5, 0.6) is 0 Å². The number of hydrogen-bond donors (Lipinski definition) is 1. The highest BCUT2D eigenvalue weighted by molar-refractivity contribution is 9.10. The molecule has 1 fully saturated rings.